The molecule has 0 heterocycles. The van der Waals surface area contributed by atoms with Crippen molar-refractivity contribution in [3.05, 3.63) is 0 Å². The van der Waals surface area contributed by atoms with Crippen LogP contribution in [0.5, 0.6) is 0 Å². The van der Waals surface area contributed by atoms with Gasteiger partial charge in [0.15, 0.2) is 12.1 Å². The van der Waals surface area contributed by atoms with Crippen molar-refractivity contribution in [3.63, 3.8) is 0 Å². The summed E-state index contributed by atoms with van der Waals surface area (Å²) in [6.45, 7) is 0. The molecule has 0 atom stereocenters. The van der Waals surface area contributed by atoms with E-state index in [-0.39, 0.29) is 27.3 Å². The van der Waals surface area contributed by atoms with Gasteiger partial charge in [-0.1, -0.05) is 0 Å². The van der Waals surface area contributed by atoms with Crippen molar-refractivity contribution < 1.29 is 27.3 Å². The molecule has 0 fully saturated rings. The molecule has 0 aliphatic heterocycles. The summed E-state index contributed by atoms with van der Waals surface area (Å²) in [5.74, 6) is 0. The van der Waals surface area contributed by atoms with E-state index in [1.54, 1.807) is 0 Å². The zero-order chi connectivity index (χ0) is 3.41. The predicted molar refractivity (Wildman–Crippen MR) is 11.2 cm³/mol. The number of hydrogen-bond donors (Lipinski definition) is 0. The van der Waals surface area contributed by atoms with Crippen molar-refractivity contribution in [1.82, 2.24) is 0 Å². The van der Waals surface area contributed by atoms with Crippen LogP contribution in [-0.2, 0) is 27.3 Å². The van der Waals surface area contributed by atoms with Gasteiger partial charge < -0.3 is 0 Å². The molecule has 5 heavy (non-hydrogen) atoms. The van der Waals surface area contributed by atoms with Crippen LogP contribution in [0.1, 0.15) is 0 Å². The Bertz CT molecular complexity index is 62.6. The minimum absolute atomic E-state index is 0. The maximum Gasteiger partial charge on any atom is 0.181 e. The molecule has 0 amide bonds. The fraction of sp³-hybridized carbons (Fsp3) is 0. The summed E-state index contributed by atoms with van der Waals surface area (Å²) in [4.78, 5) is 0. The monoisotopic (exact) mass is 166 g/mol. The van der Waals surface area contributed by atoms with Crippen LogP contribution in [0.25, 0.3) is 0 Å². The molecule has 0 spiro atoms. The molecular formula is C2CdN2. The summed E-state index contributed by atoms with van der Waals surface area (Å²) in [6.07, 6.45) is 0. The number of rotatable bonds is 0. The van der Waals surface area contributed by atoms with E-state index in [0.717, 1.165) is 0 Å². The first kappa shape index (κ1) is 8.86. The maximum atomic E-state index is 7.26. The smallest absolute Gasteiger partial charge is 0.181 e. The number of nitrogens with zero attached hydrogens (tertiary/aromatic N) is 2. The van der Waals surface area contributed by atoms with Crippen LogP contribution in [0.15, 0.2) is 0 Å². The van der Waals surface area contributed by atoms with Gasteiger partial charge in [0.1, 0.15) is 0 Å². The first-order chi connectivity index (χ1) is 1.91. The topological polar surface area (TPSA) is 47.6 Å². The van der Waals surface area contributed by atoms with Gasteiger partial charge in [0, 0.05) is 27.3 Å². The summed E-state index contributed by atoms with van der Waals surface area (Å²) in [5.41, 5.74) is 0. The zero-order valence-corrected chi connectivity index (χ0v) is 6.64. The molecule has 0 bridgehead atoms. The summed E-state index contributed by atoms with van der Waals surface area (Å²) in [7, 11) is 0. The third kappa shape index (κ3) is 17.3. The molecule has 2 nitrogen and oxygen atoms in total. The van der Waals surface area contributed by atoms with Crippen LogP contribution in [0, 0.1) is 22.7 Å². The van der Waals surface area contributed by atoms with Gasteiger partial charge >= 0.3 is 0 Å². The van der Waals surface area contributed by atoms with Crippen molar-refractivity contribution >= 4 is 0 Å². The molecule has 0 saturated heterocycles. The number of hydrogen-bond acceptors (Lipinski definition) is 2. The molecule has 0 radical (unpaired) electrons. The Morgan fingerprint density at radius 2 is 1.20 bits per heavy atom. The summed E-state index contributed by atoms with van der Waals surface area (Å²) >= 11 is 0. The van der Waals surface area contributed by atoms with E-state index in [0.29, 0.717) is 0 Å². The molecule has 0 aliphatic rings. The van der Waals surface area contributed by atoms with Crippen LogP contribution in [-0.4, -0.2) is 0 Å². The molecule has 0 aromatic heterocycles. The van der Waals surface area contributed by atoms with E-state index in [1.165, 1.54) is 12.1 Å². The fourth-order valence-electron chi connectivity index (χ4n) is 0. The van der Waals surface area contributed by atoms with Gasteiger partial charge in [0.05, 0.1) is 0 Å². The third-order valence-electron chi connectivity index (χ3n) is 0.0500. The average Bonchev–Trinajstić information content (AvgIpc) is 1.37. The normalized spacial score (nSPS) is 2.00. The van der Waals surface area contributed by atoms with Crippen molar-refractivity contribution in [2.24, 2.45) is 0 Å². The van der Waals surface area contributed by atoms with E-state index in [4.69, 9.17) is 10.5 Å². The minimum atomic E-state index is 0. The molecule has 0 aromatic rings. The molecule has 20 valence electrons. The maximum absolute atomic E-state index is 7.26. The standard InChI is InChI=1S/C2N2.Cd/c3-1-2-4;. The van der Waals surface area contributed by atoms with E-state index in [2.05, 4.69) is 0 Å². The van der Waals surface area contributed by atoms with E-state index >= 15 is 0 Å². The van der Waals surface area contributed by atoms with Crippen LogP contribution < -0.4 is 0 Å². The molecule has 0 aliphatic carbocycles. The molecule has 3 heteroatoms. The summed E-state index contributed by atoms with van der Waals surface area (Å²) in [6, 6.07) is 2.47. The average molecular weight is 164 g/mol. The molecule has 0 unspecified atom stereocenters. The van der Waals surface area contributed by atoms with E-state index in [9.17, 15) is 0 Å². The molecule has 0 N–H and O–H groups in total. The van der Waals surface area contributed by atoms with E-state index < -0.39 is 0 Å². The van der Waals surface area contributed by atoms with Gasteiger partial charge in [-0.15, -0.1) is 0 Å². The Balaban J connectivity index is 0. The zero-order valence-electron chi connectivity index (χ0n) is 2.60. The molecule has 0 saturated carbocycles. The summed E-state index contributed by atoms with van der Waals surface area (Å²) < 4.78 is 0. The van der Waals surface area contributed by atoms with Crippen molar-refractivity contribution in [2.45, 2.75) is 0 Å². The number of nitriles is 2. The Labute approximate surface area is 50.2 Å². The van der Waals surface area contributed by atoms with Crippen LogP contribution in [0.2, 0.25) is 0 Å². The second kappa shape index (κ2) is 9.08. The first-order valence-electron chi connectivity index (χ1n) is 0.697. The Hall–Kier alpha value is -0.0979. The van der Waals surface area contributed by atoms with Crippen molar-refractivity contribution in [2.75, 3.05) is 0 Å². The van der Waals surface area contributed by atoms with Crippen LogP contribution in [0.3, 0.4) is 0 Å². The minimum Gasteiger partial charge on any atom is -0.181 e. The molecule has 0 rings (SSSR count). The van der Waals surface area contributed by atoms with Gasteiger partial charge in [-0.05, 0) is 0 Å². The second-order valence-electron chi connectivity index (χ2n) is 0.224. The van der Waals surface area contributed by atoms with Crippen molar-refractivity contribution in [1.29, 1.82) is 10.5 Å². The van der Waals surface area contributed by atoms with Gasteiger partial charge in [-0.3, -0.25) is 0 Å². The van der Waals surface area contributed by atoms with Crippen molar-refractivity contribution in [3.8, 4) is 12.1 Å². The van der Waals surface area contributed by atoms with E-state index in [1.807, 2.05) is 0 Å². The molecule has 0 aromatic carbocycles. The SMILES string of the molecule is N#CC#N.[Cd]. The van der Waals surface area contributed by atoms with Crippen LogP contribution in [0.4, 0.5) is 0 Å². The predicted octanol–water partition coefficient (Wildman–Crippen LogP) is 0.0311. The quantitative estimate of drug-likeness (QED) is 0.474. The summed E-state index contributed by atoms with van der Waals surface area (Å²) in [5, 5.41) is 14.5. The molecular weight excluding hydrogens is 164 g/mol. The first-order valence-corrected chi connectivity index (χ1v) is 0.697. The van der Waals surface area contributed by atoms with Crippen LogP contribution >= 0.6 is 0 Å². The second-order valence-corrected chi connectivity index (χ2v) is 0.224. The Kier molecular flexibility index (Phi) is 16.1. The largest absolute Gasteiger partial charge is 0.181 e. The Morgan fingerprint density at radius 1 is 1.00 bits per heavy atom. The van der Waals surface area contributed by atoms with Gasteiger partial charge in [-0.25, -0.2) is 0 Å². The van der Waals surface area contributed by atoms with Gasteiger partial charge in [-0.2, -0.15) is 10.5 Å². The van der Waals surface area contributed by atoms with Gasteiger partial charge in [0.25, 0.3) is 0 Å². The fourth-order valence-corrected chi connectivity index (χ4v) is 0. The Morgan fingerprint density at radius 3 is 1.20 bits per heavy atom. The third-order valence-corrected chi connectivity index (χ3v) is 0.0500. The van der Waals surface area contributed by atoms with Gasteiger partial charge in [0.2, 0.25) is 0 Å².